The molecule has 0 radical (unpaired) electrons. The molecule has 0 aliphatic carbocycles. The second-order valence-corrected chi connectivity index (χ2v) is 5.83. The molecular formula is C14H20FN5. The summed E-state index contributed by atoms with van der Waals surface area (Å²) in [5, 5.41) is 9.88. The van der Waals surface area contributed by atoms with E-state index in [2.05, 4.69) is 32.8 Å². The van der Waals surface area contributed by atoms with Crippen LogP contribution in [0.4, 0.5) is 21.6 Å². The van der Waals surface area contributed by atoms with Gasteiger partial charge >= 0.3 is 0 Å². The number of rotatable bonds is 1. The Morgan fingerprint density at radius 2 is 2.30 bits per heavy atom. The smallest absolute Gasteiger partial charge is 0.133 e. The van der Waals surface area contributed by atoms with Crippen LogP contribution < -0.4 is 20.9 Å². The van der Waals surface area contributed by atoms with Crippen molar-refractivity contribution in [2.24, 2.45) is 0 Å². The van der Waals surface area contributed by atoms with Crippen LogP contribution in [0.5, 0.6) is 0 Å². The lowest BCUT2D eigenvalue weighted by Crippen LogP contribution is -2.54. The maximum atomic E-state index is 14.4. The lowest BCUT2D eigenvalue weighted by molar-refractivity contribution is 0.220. The van der Waals surface area contributed by atoms with Crippen LogP contribution in [-0.2, 0) is 6.42 Å². The van der Waals surface area contributed by atoms with Gasteiger partial charge in [-0.05, 0) is 26.3 Å². The van der Waals surface area contributed by atoms with Crippen molar-refractivity contribution in [3.05, 3.63) is 11.8 Å². The van der Waals surface area contributed by atoms with Crippen molar-refractivity contribution >= 4 is 17.2 Å². The minimum Gasteiger partial charge on any atom is -0.369 e. The summed E-state index contributed by atoms with van der Waals surface area (Å²) in [5.41, 5.74) is 3.46. The minimum atomic E-state index is -0.822. The topological polar surface area (TPSA) is 52.2 Å². The number of pyridine rings is 1. The molecule has 1 aromatic rings. The predicted molar refractivity (Wildman–Crippen MR) is 78.2 cm³/mol. The normalized spacial score (nSPS) is 31.5. The quantitative estimate of drug-likeness (QED) is 0.723. The number of nitrogens with zero attached hydrogens (tertiary/aromatic N) is 2. The summed E-state index contributed by atoms with van der Waals surface area (Å²) < 4.78 is 14.4. The Bertz CT molecular complexity index is 535. The molecule has 0 amide bonds. The van der Waals surface area contributed by atoms with Crippen molar-refractivity contribution in [3.8, 4) is 0 Å². The summed E-state index contributed by atoms with van der Waals surface area (Å²) in [6.45, 7) is 4.36. The molecule has 6 heteroatoms. The van der Waals surface area contributed by atoms with Crippen molar-refractivity contribution in [3.63, 3.8) is 0 Å². The first-order valence-corrected chi connectivity index (χ1v) is 7.41. The second kappa shape index (κ2) is 4.48. The van der Waals surface area contributed by atoms with E-state index in [0.717, 1.165) is 37.4 Å². The Hall–Kier alpha value is -1.56. The van der Waals surface area contributed by atoms with E-state index in [4.69, 9.17) is 0 Å². The van der Waals surface area contributed by atoms with Crippen LogP contribution in [0.25, 0.3) is 0 Å². The fourth-order valence-corrected chi connectivity index (χ4v) is 3.70. The molecule has 0 bridgehead atoms. The molecule has 3 N–H and O–H groups in total. The van der Waals surface area contributed by atoms with Crippen LogP contribution in [0.1, 0.15) is 18.9 Å². The first kappa shape index (κ1) is 12.2. The number of piperidine rings is 1. The van der Waals surface area contributed by atoms with Crippen LogP contribution in [0.3, 0.4) is 0 Å². The molecule has 3 atom stereocenters. The number of anilines is 3. The largest absolute Gasteiger partial charge is 0.369 e. The van der Waals surface area contributed by atoms with Crippen LogP contribution in [0.2, 0.25) is 0 Å². The lowest BCUT2D eigenvalue weighted by atomic mass is 10.0. The fraction of sp³-hybridized carbons (Fsp3) is 0.643. The summed E-state index contributed by atoms with van der Waals surface area (Å²) in [5.74, 6) is 0.967. The van der Waals surface area contributed by atoms with Gasteiger partial charge in [0.1, 0.15) is 12.0 Å². The van der Waals surface area contributed by atoms with Crippen molar-refractivity contribution in [1.82, 2.24) is 10.3 Å². The number of aromatic nitrogens is 1. The molecule has 1 saturated heterocycles. The van der Waals surface area contributed by atoms with Gasteiger partial charge in [0, 0.05) is 18.7 Å². The molecule has 0 saturated carbocycles. The first-order valence-electron chi connectivity index (χ1n) is 7.41. The molecule has 1 fully saturated rings. The third kappa shape index (κ3) is 1.67. The van der Waals surface area contributed by atoms with Crippen LogP contribution in [0, 0.1) is 0 Å². The highest BCUT2D eigenvalue weighted by Crippen LogP contribution is 2.44. The number of halogens is 1. The van der Waals surface area contributed by atoms with Gasteiger partial charge in [-0.15, -0.1) is 0 Å². The van der Waals surface area contributed by atoms with E-state index < -0.39 is 6.17 Å². The molecule has 20 heavy (non-hydrogen) atoms. The summed E-state index contributed by atoms with van der Waals surface area (Å²) in [4.78, 5) is 6.70. The van der Waals surface area contributed by atoms with E-state index in [1.54, 1.807) is 0 Å². The van der Waals surface area contributed by atoms with Gasteiger partial charge in [-0.3, -0.25) is 0 Å². The van der Waals surface area contributed by atoms with Gasteiger partial charge in [0.25, 0.3) is 0 Å². The van der Waals surface area contributed by atoms with E-state index in [1.165, 1.54) is 11.3 Å². The molecule has 3 aliphatic rings. The van der Waals surface area contributed by atoms with Crippen LogP contribution in [-0.4, -0.2) is 43.0 Å². The van der Waals surface area contributed by atoms with E-state index in [9.17, 15) is 4.39 Å². The van der Waals surface area contributed by atoms with E-state index in [0.29, 0.717) is 6.54 Å². The van der Waals surface area contributed by atoms with Gasteiger partial charge in [0.15, 0.2) is 0 Å². The van der Waals surface area contributed by atoms with Crippen molar-refractivity contribution < 1.29 is 4.39 Å². The fourth-order valence-electron chi connectivity index (χ4n) is 3.70. The molecule has 0 aromatic carbocycles. The number of fused-ring (bicyclic) bond motifs is 3. The van der Waals surface area contributed by atoms with Gasteiger partial charge in [-0.1, -0.05) is 0 Å². The highest BCUT2D eigenvalue weighted by Gasteiger charge is 2.39. The zero-order chi connectivity index (χ0) is 13.7. The van der Waals surface area contributed by atoms with E-state index in [-0.39, 0.29) is 12.2 Å². The van der Waals surface area contributed by atoms with Gasteiger partial charge in [-0.2, -0.15) is 0 Å². The SMILES string of the molecule is CC1Nc2cnc3c(c2N1C1CCNCC1F)CCN3. The zero-order valence-electron chi connectivity index (χ0n) is 11.6. The molecule has 4 heterocycles. The number of hydrogen-bond acceptors (Lipinski definition) is 5. The molecule has 0 spiro atoms. The van der Waals surface area contributed by atoms with Crippen molar-refractivity contribution in [2.45, 2.75) is 38.1 Å². The Morgan fingerprint density at radius 1 is 1.40 bits per heavy atom. The standard InChI is InChI=1S/C14H20FN5/c1-8-19-11-7-18-14-9(2-5-17-14)13(11)20(8)12-3-4-16-6-10(12)15/h7-8,10,12,16,19H,2-6H2,1H3,(H,17,18). The maximum Gasteiger partial charge on any atom is 0.133 e. The third-order valence-electron chi connectivity index (χ3n) is 4.59. The van der Waals surface area contributed by atoms with Crippen LogP contribution >= 0.6 is 0 Å². The minimum absolute atomic E-state index is 0.0490. The van der Waals surface area contributed by atoms with E-state index in [1.807, 2.05) is 6.20 Å². The summed E-state index contributed by atoms with van der Waals surface area (Å²) in [7, 11) is 0. The average Bonchev–Trinajstić information content (AvgIpc) is 3.02. The molecular weight excluding hydrogens is 257 g/mol. The summed E-state index contributed by atoms with van der Waals surface area (Å²) >= 11 is 0. The molecule has 3 aliphatic heterocycles. The zero-order valence-corrected chi connectivity index (χ0v) is 11.6. The monoisotopic (exact) mass is 277 g/mol. The molecule has 1 aromatic heterocycles. The Kier molecular flexibility index (Phi) is 2.73. The highest BCUT2D eigenvalue weighted by atomic mass is 19.1. The lowest BCUT2D eigenvalue weighted by Gasteiger charge is -2.38. The van der Waals surface area contributed by atoms with Gasteiger partial charge in [0.05, 0.1) is 29.8 Å². The highest BCUT2D eigenvalue weighted by molar-refractivity contribution is 5.83. The molecule has 5 nitrogen and oxygen atoms in total. The van der Waals surface area contributed by atoms with Crippen molar-refractivity contribution in [2.75, 3.05) is 35.2 Å². The molecule has 4 rings (SSSR count). The summed E-state index contributed by atoms with van der Waals surface area (Å²) in [6, 6.07) is -0.0490. The molecule has 108 valence electrons. The number of hydrogen-bond donors (Lipinski definition) is 3. The third-order valence-corrected chi connectivity index (χ3v) is 4.59. The van der Waals surface area contributed by atoms with Gasteiger partial charge in [-0.25, -0.2) is 9.37 Å². The Morgan fingerprint density at radius 3 is 3.15 bits per heavy atom. The number of alkyl halides is 1. The second-order valence-electron chi connectivity index (χ2n) is 5.83. The van der Waals surface area contributed by atoms with Crippen molar-refractivity contribution in [1.29, 1.82) is 0 Å². The van der Waals surface area contributed by atoms with Gasteiger partial charge < -0.3 is 20.9 Å². The summed E-state index contributed by atoms with van der Waals surface area (Å²) in [6.07, 6.45) is 2.99. The number of nitrogens with one attached hydrogen (secondary N) is 3. The average molecular weight is 277 g/mol. The predicted octanol–water partition coefficient (Wildman–Crippen LogP) is 1.33. The molecule has 3 unspecified atom stereocenters. The Balaban J connectivity index is 1.77. The maximum absolute atomic E-state index is 14.4. The van der Waals surface area contributed by atoms with E-state index >= 15 is 0 Å². The Labute approximate surface area is 117 Å². The van der Waals surface area contributed by atoms with Gasteiger partial charge in [0.2, 0.25) is 0 Å². The van der Waals surface area contributed by atoms with Crippen LogP contribution in [0.15, 0.2) is 6.20 Å². The first-order chi connectivity index (χ1) is 9.75.